The van der Waals surface area contributed by atoms with Crippen molar-refractivity contribution in [3.63, 3.8) is 0 Å². The van der Waals surface area contributed by atoms with E-state index < -0.39 is 24.6 Å². The maximum atomic E-state index is 12.2. The molecule has 0 aliphatic carbocycles. The molecular weight excluding hydrogens is 267 g/mol. The van der Waals surface area contributed by atoms with E-state index in [0.29, 0.717) is 5.56 Å². The predicted molar refractivity (Wildman–Crippen MR) is 57.9 cm³/mol. The Morgan fingerprint density at radius 2 is 2.00 bits per heavy atom. The fourth-order valence-electron chi connectivity index (χ4n) is 1.43. The lowest BCUT2D eigenvalue weighted by molar-refractivity contribution is -0.276. The Bertz CT molecular complexity index is 474. The van der Waals surface area contributed by atoms with E-state index in [1.807, 2.05) is 0 Å². The molecule has 1 heterocycles. The highest BCUT2D eigenvalue weighted by Crippen LogP contribution is 2.31. The fraction of sp³-hybridized carbons (Fsp3) is 0.455. The van der Waals surface area contributed by atoms with Crippen LogP contribution in [0.2, 0.25) is 0 Å². The number of hydrogen-bond acceptors (Lipinski definition) is 5. The van der Waals surface area contributed by atoms with Crippen molar-refractivity contribution in [3.8, 4) is 11.6 Å². The number of ether oxygens (including phenoxy) is 3. The summed E-state index contributed by atoms with van der Waals surface area (Å²) in [5.74, 6) is -1.13. The van der Waals surface area contributed by atoms with Gasteiger partial charge in [-0.05, 0) is 6.92 Å². The number of nitrogens with zero attached hydrogens (tertiary/aromatic N) is 1. The standard InChI is InChI=1S/C11H12F3NO4/c1-6-7(4-9(16)18-3)10(19-11(12,13)14)15-5-8(6)17-2/h5H,4H2,1-3H3. The first kappa shape index (κ1) is 15.1. The Kier molecular flexibility index (Phi) is 4.57. The van der Waals surface area contributed by atoms with Crippen LogP contribution >= 0.6 is 0 Å². The van der Waals surface area contributed by atoms with Crippen molar-refractivity contribution in [1.82, 2.24) is 4.98 Å². The summed E-state index contributed by atoms with van der Waals surface area (Å²) in [5, 5.41) is 0. The lowest BCUT2D eigenvalue weighted by atomic mass is 10.1. The number of rotatable bonds is 4. The molecule has 0 saturated heterocycles. The van der Waals surface area contributed by atoms with Gasteiger partial charge in [0.05, 0.1) is 26.8 Å². The minimum atomic E-state index is -4.89. The summed E-state index contributed by atoms with van der Waals surface area (Å²) in [6, 6.07) is 0. The Balaban J connectivity index is 3.22. The van der Waals surface area contributed by atoms with Crippen LogP contribution in [0, 0.1) is 6.92 Å². The van der Waals surface area contributed by atoms with Gasteiger partial charge in [-0.2, -0.15) is 0 Å². The molecule has 0 aliphatic rings. The third-order valence-corrected chi connectivity index (χ3v) is 2.36. The van der Waals surface area contributed by atoms with E-state index in [1.165, 1.54) is 14.0 Å². The first-order valence-electron chi connectivity index (χ1n) is 5.13. The largest absolute Gasteiger partial charge is 0.574 e. The summed E-state index contributed by atoms with van der Waals surface area (Å²) in [7, 11) is 2.48. The average Bonchev–Trinajstić information content (AvgIpc) is 2.32. The molecule has 19 heavy (non-hydrogen) atoms. The maximum absolute atomic E-state index is 12.2. The highest BCUT2D eigenvalue weighted by Gasteiger charge is 2.34. The minimum absolute atomic E-state index is 0.0245. The highest BCUT2D eigenvalue weighted by atomic mass is 19.4. The van der Waals surface area contributed by atoms with Crippen LogP contribution in [0.5, 0.6) is 11.6 Å². The smallest absolute Gasteiger partial charge is 0.495 e. The number of pyridine rings is 1. The molecule has 0 fully saturated rings. The van der Waals surface area contributed by atoms with E-state index in [9.17, 15) is 18.0 Å². The molecule has 8 heteroatoms. The lowest BCUT2D eigenvalue weighted by Crippen LogP contribution is -2.20. The molecule has 0 saturated carbocycles. The minimum Gasteiger partial charge on any atom is -0.495 e. The van der Waals surface area contributed by atoms with Crippen LogP contribution in [-0.4, -0.2) is 31.5 Å². The van der Waals surface area contributed by atoms with Gasteiger partial charge in [-0.25, -0.2) is 4.98 Å². The van der Waals surface area contributed by atoms with Gasteiger partial charge in [0, 0.05) is 11.1 Å². The van der Waals surface area contributed by atoms with Crippen LogP contribution in [0.25, 0.3) is 0 Å². The second-order valence-electron chi connectivity index (χ2n) is 3.54. The summed E-state index contributed by atoms with van der Waals surface area (Å²) in [6.07, 6.45) is -4.19. The highest BCUT2D eigenvalue weighted by molar-refractivity contribution is 5.74. The number of aromatic nitrogens is 1. The molecule has 0 N–H and O–H groups in total. The average molecular weight is 279 g/mol. The van der Waals surface area contributed by atoms with E-state index in [-0.39, 0.29) is 11.3 Å². The van der Waals surface area contributed by atoms with Crippen molar-refractivity contribution in [3.05, 3.63) is 17.3 Å². The first-order valence-corrected chi connectivity index (χ1v) is 5.13. The maximum Gasteiger partial charge on any atom is 0.574 e. The summed E-state index contributed by atoms with van der Waals surface area (Å²) in [5.41, 5.74) is 0.311. The van der Waals surface area contributed by atoms with Gasteiger partial charge >= 0.3 is 12.3 Å². The van der Waals surface area contributed by atoms with Gasteiger partial charge in [-0.15, -0.1) is 13.2 Å². The van der Waals surface area contributed by atoms with E-state index >= 15 is 0 Å². The molecule has 1 aromatic heterocycles. The van der Waals surface area contributed by atoms with Crippen LogP contribution in [0.3, 0.4) is 0 Å². The predicted octanol–water partition coefficient (Wildman–Crippen LogP) is 2.01. The van der Waals surface area contributed by atoms with Crippen molar-refractivity contribution in [2.24, 2.45) is 0 Å². The van der Waals surface area contributed by atoms with E-state index in [1.54, 1.807) is 0 Å². The van der Waals surface area contributed by atoms with Gasteiger partial charge in [0.2, 0.25) is 5.88 Å². The second kappa shape index (κ2) is 5.77. The second-order valence-corrected chi connectivity index (χ2v) is 3.54. The van der Waals surface area contributed by atoms with E-state index in [0.717, 1.165) is 13.3 Å². The number of halogens is 3. The van der Waals surface area contributed by atoms with Gasteiger partial charge < -0.3 is 14.2 Å². The first-order chi connectivity index (χ1) is 8.78. The quantitative estimate of drug-likeness (QED) is 0.789. The van der Waals surface area contributed by atoms with E-state index in [4.69, 9.17) is 4.74 Å². The number of carbonyl (C=O) groups is 1. The number of alkyl halides is 3. The van der Waals surface area contributed by atoms with E-state index in [2.05, 4.69) is 14.5 Å². The zero-order chi connectivity index (χ0) is 14.6. The van der Waals surface area contributed by atoms with Crippen molar-refractivity contribution in [2.75, 3.05) is 14.2 Å². The van der Waals surface area contributed by atoms with Gasteiger partial charge in [0.25, 0.3) is 0 Å². The van der Waals surface area contributed by atoms with Gasteiger partial charge in [0.1, 0.15) is 5.75 Å². The Morgan fingerprint density at radius 1 is 1.37 bits per heavy atom. The molecule has 1 aromatic rings. The van der Waals surface area contributed by atoms with Crippen LogP contribution in [0.4, 0.5) is 13.2 Å². The summed E-state index contributed by atoms with van der Waals surface area (Å²) in [6.45, 7) is 1.50. The van der Waals surface area contributed by atoms with Crippen molar-refractivity contribution >= 4 is 5.97 Å². The lowest BCUT2D eigenvalue weighted by Gasteiger charge is -2.15. The summed E-state index contributed by atoms with van der Waals surface area (Å²) < 4.78 is 49.9. The molecule has 0 unspecified atom stereocenters. The summed E-state index contributed by atoms with van der Waals surface area (Å²) in [4.78, 5) is 14.7. The number of methoxy groups -OCH3 is 2. The topological polar surface area (TPSA) is 57.7 Å². The Morgan fingerprint density at radius 3 is 2.47 bits per heavy atom. The Hall–Kier alpha value is -1.99. The summed E-state index contributed by atoms with van der Waals surface area (Å²) >= 11 is 0. The van der Waals surface area contributed by atoms with Crippen LogP contribution < -0.4 is 9.47 Å². The molecule has 106 valence electrons. The molecular formula is C11H12F3NO4. The number of esters is 1. The zero-order valence-electron chi connectivity index (χ0n) is 10.5. The fourth-order valence-corrected chi connectivity index (χ4v) is 1.43. The van der Waals surface area contributed by atoms with Crippen LogP contribution in [0.1, 0.15) is 11.1 Å². The zero-order valence-corrected chi connectivity index (χ0v) is 10.5. The molecule has 0 aliphatic heterocycles. The third-order valence-electron chi connectivity index (χ3n) is 2.36. The third kappa shape index (κ3) is 4.01. The van der Waals surface area contributed by atoms with Crippen molar-refractivity contribution in [1.29, 1.82) is 0 Å². The number of hydrogen-bond donors (Lipinski definition) is 0. The molecule has 5 nitrogen and oxygen atoms in total. The van der Waals surface area contributed by atoms with Crippen LogP contribution in [0.15, 0.2) is 6.20 Å². The van der Waals surface area contributed by atoms with Gasteiger partial charge in [-0.3, -0.25) is 4.79 Å². The molecule has 1 rings (SSSR count). The molecule has 0 bridgehead atoms. The monoisotopic (exact) mass is 279 g/mol. The van der Waals surface area contributed by atoms with Crippen molar-refractivity contribution < 1.29 is 32.2 Å². The SMILES string of the molecule is COC(=O)Cc1c(OC(F)(F)F)ncc(OC)c1C. The molecule has 0 amide bonds. The molecule has 0 atom stereocenters. The van der Waals surface area contributed by atoms with Crippen LogP contribution in [-0.2, 0) is 16.0 Å². The molecule has 0 spiro atoms. The Labute approximate surface area is 107 Å². The normalized spacial score (nSPS) is 11.1. The van der Waals surface area contributed by atoms with Gasteiger partial charge in [0.15, 0.2) is 0 Å². The molecule has 0 aromatic carbocycles. The van der Waals surface area contributed by atoms with Crippen molar-refractivity contribution in [2.45, 2.75) is 19.7 Å². The molecule has 0 radical (unpaired) electrons. The van der Waals surface area contributed by atoms with Gasteiger partial charge in [-0.1, -0.05) is 0 Å². The number of carbonyl (C=O) groups excluding carboxylic acids is 1.